The number of ether oxygens (including phenoxy) is 1. The molecule has 198 valence electrons. The fourth-order valence-corrected chi connectivity index (χ4v) is 6.64. The zero-order chi connectivity index (χ0) is 26.6. The highest BCUT2D eigenvalue weighted by molar-refractivity contribution is 7.16. The van der Waals surface area contributed by atoms with Crippen molar-refractivity contribution in [1.82, 2.24) is 20.2 Å². The molecule has 37 heavy (non-hydrogen) atoms. The molecule has 1 saturated heterocycles. The largest absolute Gasteiger partial charge is 0.389 e. The number of carbonyl (C=O) groups excluding carboxylic acids is 1. The molecule has 0 radical (unpaired) electrons. The van der Waals surface area contributed by atoms with Crippen LogP contribution in [0, 0.1) is 16.7 Å². The summed E-state index contributed by atoms with van der Waals surface area (Å²) in [6, 6.07) is 4.03. The van der Waals surface area contributed by atoms with Crippen molar-refractivity contribution >= 4 is 34.0 Å². The van der Waals surface area contributed by atoms with Gasteiger partial charge in [-0.05, 0) is 58.6 Å². The summed E-state index contributed by atoms with van der Waals surface area (Å²) in [5.41, 5.74) is 6.62. The summed E-state index contributed by atoms with van der Waals surface area (Å²) < 4.78 is 5.19. The summed E-state index contributed by atoms with van der Waals surface area (Å²) in [5, 5.41) is 21.5. The van der Waals surface area contributed by atoms with Gasteiger partial charge < -0.3 is 25.6 Å². The van der Waals surface area contributed by atoms with Crippen LogP contribution in [-0.2, 0) is 21.4 Å². The second-order valence-corrected chi connectivity index (χ2v) is 11.2. The molecular weight excluding hydrogens is 488 g/mol. The third-order valence-corrected chi connectivity index (χ3v) is 8.48. The third-order valence-electron chi connectivity index (χ3n) is 7.40. The van der Waals surface area contributed by atoms with Gasteiger partial charge in [-0.15, -0.1) is 11.3 Å². The number of nitrogen functional groups attached to an aromatic ring is 1. The molecule has 0 aromatic carbocycles. The quantitative estimate of drug-likeness (QED) is 0.285. The highest BCUT2D eigenvalue weighted by Gasteiger charge is 2.43. The van der Waals surface area contributed by atoms with E-state index in [1.165, 1.54) is 11.3 Å². The summed E-state index contributed by atoms with van der Waals surface area (Å²) in [4.78, 5) is 28.3. The summed E-state index contributed by atoms with van der Waals surface area (Å²) >= 11 is 1.39. The third kappa shape index (κ3) is 5.61. The van der Waals surface area contributed by atoms with E-state index < -0.39 is 5.41 Å². The van der Waals surface area contributed by atoms with E-state index in [4.69, 9.17) is 15.9 Å². The normalized spacial score (nSPS) is 22.1. The van der Waals surface area contributed by atoms with E-state index in [9.17, 15) is 10.1 Å². The Hall–Kier alpha value is -3.07. The van der Waals surface area contributed by atoms with Gasteiger partial charge in [-0.1, -0.05) is 0 Å². The standard InChI is InChI=1S/C26H36N8O2S/c1-17-16-33(12-6-14-36-3)11-5-13-34(17)25-30-10-8-19(31-25)22(28)32-24(35)26(2)9-4-7-20-21(26)18(15-27)23(29)37-20/h8,10,17H,4-7,9,11-14,16,29H2,1-3H3,(H2,28,32,35)/t17-,26-/m0/s1. The van der Waals surface area contributed by atoms with Crippen LogP contribution in [0.5, 0.6) is 0 Å². The maximum atomic E-state index is 13.5. The molecule has 0 bridgehead atoms. The minimum atomic E-state index is -0.930. The van der Waals surface area contributed by atoms with Gasteiger partial charge in [0.2, 0.25) is 11.9 Å². The first-order chi connectivity index (χ1) is 17.8. The van der Waals surface area contributed by atoms with Gasteiger partial charge >= 0.3 is 0 Å². The Morgan fingerprint density at radius 2 is 2.24 bits per heavy atom. The van der Waals surface area contributed by atoms with Crippen molar-refractivity contribution in [2.24, 2.45) is 0 Å². The van der Waals surface area contributed by atoms with Crippen molar-refractivity contribution < 1.29 is 9.53 Å². The lowest BCUT2D eigenvalue weighted by Crippen LogP contribution is -2.47. The number of rotatable bonds is 7. The van der Waals surface area contributed by atoms with Gasteiger partial charge in [-0.2, -0.15) is 5.26 Å². The van der Waals surface area contributed by atoms with Crippen LogP contribution in [0.1, 0.15) is 61.2 Å². The Labute approximate surface area is 222 Å². The van der Waals surface area contributed by atoms with Crippen molar-refractivity contribution in [3.63, 3.8) is 0 Å². The SMILES string of the molecule is COCCCN1CCCN(c2nccc(C(=N)NC(=O)[C@@]3(C)CCCc4sc(N)c(C#N)c43)n2)[C@@H](C)C1. The average molecular weight is 525 g/mol. The number of methoxy groups -OCH3 is 1. The number of nitriles is 1. The number of aromatic nitrogens is 2. The Bertz CT molecular complexity index is 1190. The van der Waals surface area contributed by atoms with E-state index in [0.29, 0.717) is 34.2 Å². The predicted molar refractivity (Wildman–Crippen MR) is 145 cm³/mol. The molecule has 1 fully saturated rings. The number of nitrogens with two attached hydrogens (primary N) is 1. The van der Waals surface area contributed by atoms with Crippen LogP contribution < -0.4 is 16.0 Å². The minimum absolute atomic E-state index is 0.0765. The molecule has 1 aliphatic heterocycles. The molecule has 4 N–H and O–H groups in total. The lowest BCUT2D eigenvalue weighted by molar-refractivity contribution is -0.125. The number of hydrogen-bond acceptors (Lipinski definition) is 10. The van der Waals surface area contributed by atoms with Crippen molar-refractivity contribution in [3.05, 3.63) is 34.0 Å². The summed E-state index contributed by atoms with van der Waals surface area (Å²) in [5.74, 6) is 0.168. The van der Waals surface area contributed by atoms with E-state index in [1.807, 2.05) is 6.92 Å². The van der Waals surface area contributed by atoms with Gasteiger partial charge in [0.05, 0.1) is 11.0 Å². The zero-order valence-corrected chi connectivity index (χ0v) is 22.7. The van der Waals surface area contributed by atoms with Crippen LogP contribution in [0.2, 0.25) is 0 Å². The number of thiophene rings is 1. The van der Waals surface area contributed by atoms with E-state index in [2.05, 4.69) is 38.1 Å². The number of aryl methyl sites for hydroxylation is 1. The minimum Gasteiger partial charge on any atom is -0.389 e. The van der Waals surface area contributed by atoms with Crippen molar-refractivity contribution in [1.29, 1.82) is 10.7 Å². The van der Waals surface area contributed by atoms with Crippen LogP contribution in [0.25, 0.3) is 0 Å². The monoisotopic (exact) mass is 524 g/mol. The Morgan fingerprint density at radius 1 is 1.43 bits per heavy atom. The molecule has 11 heteroatoms. The number of nitrogens with zero attached hydrogens (tertiary/aromatic N) is 5. The molecule has 3 heterocycles. The summed E-state index contributed by atoms with van der Waals surface area (Å²) in [7, 11) is 1.73. The van der Waals surface area contributed by atoms with Crippen LogP contribution in [0.15, 0.2) is 12.3 Å². The molecular formula is C26H36N8O2S. The van der Waals surface area contributed by atoms with Crippen LogP contribution >= 0.6 is 11.3 Å². The molecule has 4 rings (SSSR count). The van der Waals surface area contributed by atoms with E-state index in [1.54, 1.807) is 19.4 Å². The molecule has 2 aromatic rings. The maximum absolute atomic E-state index is 13.5. The lowest BCUT2D eigenvalue weighted by atomic mass is 9.72. The molecule has 1 aliphatic carbocycles. The molecule has 2 aromatic heterocycles. The smallest absolute Gasteiger partial charge is 0.236 e. The number of nitrogens with one attached hydrogen (secondary N) is 2. The van der Waals surface area contributed by atoms with Gasteiger partial charge in [-0.3, -0.25) is 10.2 Å². The zero-order valence-electron chi connectivity index (χ0n) is 21.8. The first-order valence-corrected chi connectivity index (χ1v) is 13.6. The second kappa shape index (κ2) is 11.5. The Morgan fingerprint density at radius 3 is 3.00 bits per heavy atom. The van der Waals surface area contributed by atoms with Crippen LogP contribution in [0.4, 0.5) is 10.9 Å². The summed E-state index contributed by atoms with van der Waals surface area (Å²) in [6.07, 6.45) is 5.84. The average Bonchev–Trinajstić information content (AvgIpc) is 3.10. The number of hydrogen-bond donors (Lipinski definition) is 3. The number of anilines is 2. The lowest BCUT2D eigenvalue weighted by Gasteiger charge is -2.33. The molecule has 0 saturated carbocycles. The van der Waals surface area contributed by atoms with Gasteiger partial charge in [0, 0.05) is 56.0 Å². The van der Waals surface area contributed by atoms with E-state index in [-0.39, 0.29) is 17.8 Å². The maximum Gasteiger partial charge on any atom is 0.236 e. The molecule has 2 aliphatic rings. The number of carbonyl (C=O) groups is 1. The first-order valence-electron chi connectivity index (χ1n) is 12.8. The van der Waals surface area contributed by atoms with Crippen molar-refractivity contribution in [2.75, 3.05) is 50.5 Å². The van der Waals surface area contributed by atoms with E-state index >= 15 is 0 Å². The molecule has 10 nitrogen and oxygen atoms in total. The van der Waals surface area contributed by atoms with Gasteiger partial charge in [0.25, 0.3) is 0 Å². The van der Waals surface area contributed by atoms with Gasteiger partial charge in [0.15, 0.2) is 5.84 Å². The topological polar surface area (TPSA) is 144 Å². The molecule has 2 atom stereocenters. The van der Waals surface area contributed by atoms with E-state index in [0.717, 1.165) is 63.3 Å². The molecule has 0 spiro atoms. The highest BCUT2D eigenvalue weighted by atomic mass is 32.1. The molecule has 0 unspecified atom stereocenters. The van der Waals surface area contributed by atoms with Crippen LogP contribution in [0.3, 0.4) is 0 Å². The Balaban J connectivity index is 1.48. The fraction of sp³-hybridized carbons (Fsp3) is 0.577. The second-order valence-electron chi connectivity index (χ2n) is 10.1. The van der Waals surface area contributed by atoms with Gasteiger partial charge in [-0.25, -0.2) is 9.97 Å². The fourth-order valence-electron chi connectivity index (χ4n) is 5.45. The molecule has 1 amide bonds. The summed E-state index contributed by atoms with van der Waals surface area (Å²) in [6.45, 7) is 8.48. The highest BCUT2D eigenvalue weighted by Crippen LogP contribution is 2.45. The van der Waals surface area contributed by atoms with Crippen molar-refractivity contribution in [3.8, 4) is 6.07 Å². The van der Waals surface area contributed by atoms with Crippen molar-refractivity contribution in [2.45, 2.75) is 57.4 Å². The predicted octanol–water partition coefficient (Wildman–Crippen LogP) is 2.66. The first kappa shape index (κ1) is 27.0. The Kier molecular flexibility index (Phi) is 8.42. The number of fused-ring (bicyclic) bond motifs is 1. The number of amides is 1. The van der Waals surface area contributed by atoms with Crippen LogP contribution in [-0.4, -0.2) is 72.5 Å². The van der Waals surface area contributed by atoms with Gasteiger partial charge in [0.1, 0.15) is 16.8 Å². The number of amidine groups is 1.